The Labute approximate surface area is 128 Å². The van der Waals surface area contributed by atoms with Crippen LogP contribution in [0, 0.1) is 5.82 Å². The lowest BCUT2D eigenvalue weighted by molar-refractivity contribution is 0.0490. The van der Waals surface area contributed by atoms with Crippen LogP contribution in [0.4, 0.5) is 4.39 Å². The predicted octanol–water partition coefficient (Wildman–Crippen LogP) is 0.562. The van der Waals surface area contributed by atoms with Crippen molar-refractivity contribution >= 4 is 21.8 Å². The van der Waals surface area contributed by atoms with E-state index in [1.165, 1.54) is 19.2 Å². The largest absolute Gasteiger partial charge is 0.370 e. The molecule has 1 aromatic carbocycles. The van der Waals surface area contributed by atoms with E-state index in [9.17, 15) is 12.8 Å². The SMILES string of the molecule is CNS(=O)(=O)N[C@@H]1CNCCO[C@H]1c1ccc(Cl)c(F)c1. The van der Waals surface area contributed by atoms with Gasteiger partial charge in [0.25, 0.3) is 10.2 Å². The molecule has 1 aliphatic rings. The lowest BCUT2D eigenvalue weighted by Crippen LogP contribution is -2.48. The van der Waals surface area contributed by atoms with E-state index < -0.39 is 28.2 Å². The van der Waals surface area contributed by atoms with Gasteiger partial charge in [0.2, 0.25) is 0 Å². The van der Waals surface area contributed by atoms with Gasteiger partial charge in [0, 0.05) is 20.1 Å². The summed E-state index contributed by atoms with van der Waals surface area (Å²) < 4.78 is 47.3. The molecule has 1 aromatic rings. The third-order valence-electron chi connectivity index (χ3n) is 3.15. The van der Waals surface area contributed by atoms with Crippen molar-refractivity contribution in [3.8, 4) is 0 Å². The zero-order valence-corrected chi connectivity index (χ0v) is 13.0. The van der Waals surface area contributed by atoms with Crippen LogP contribution in [0.1, 0.15) is 11.7 Å². The Balaban J connectivity index is 2.28. The van der Waals surface area contributed by atoms with Gasteiger partial charge < -0.3 is 10.1 Å². The lowest BCUT2D eigenvalue weighted by atomic mass is 10.0. The van der Waals surface area contributed by atoms with Crippen molar-refractivity contribution in [2.24, 2.45) is 0 Å². The summed E-state index contributed by atoms with van der Waals surface area (Å²) in [4.78, 5) is 0. The molecule has 1 heterocycles. The van der Waals surface area contributed by atoms with Crippen molar-refractivity contribution in [3.63, 3.8) is 0 Å². The molecule has 0 aromatic heterocycles. The van der Waals surface area contributed by atoms with Gasteiger partial charge in [0.1, 0.15) is 11.9 Å². The van der Waals surface area contributed by atoms with Crippen LogP contribution in [0.3, 0.4) is 0 Å². The molecule has 9 heteroatoms. The van der Waals surface area contributed by atoms with Crippen LogP contribution in [0.25, 0.3) is 0 Å². The highest BCUT2D eigenvalue weighted by molar-refractivity contribution is 7.87. The Bertz CT molecular complexity index is 599. The van der Waals surface area contributed by atoms with Crippen molar-refractivity contribution in [2.45, 2.75) is 12.1 Å². The van der Waals surface area contributed by atoms with Gasteiger partial charge in [0.15, 0.2) is 0 Å². The van der Waals surface area contributed by atoms with Crippen LogP contribution in [0.2, 0.25) is 5.02 Å². The van der Waals surface area contributed by atoms with Gasteiger partial charge in [-0.3, -0.25) is 0 Å². The minimum absolute atomic E-state index is 0.0119. The Morgan fingerprint density at radius 1 is 1.48 bits per heavy atom. The minimum Gasteiger partial charge on any atom is -0.370 e. The van der Waals surface area contributed by atoms with Crippen molar-refractivity contribution in [3.05, 3.63) is 34.6 Å². The first-order valence-corrected chi connectivity index (χ1v) is 8.27. The molecule has 0 radical (unpaired) electrons. The van der Waals surface area contributed by atoms with Crippen LogP contribution in [-0.2, 0) is 14.9 Å². The fraction of sp³-hybridized carbons (Fsp3) is 0.500. The van der Waals surface area contributed by atoms with E-state index in [1.54, 1.807) is 6.07 Å². The van der Waals surface area contributed by atoms with Crippen LogP contribution in [0.15, 0.2) is 18.2 Å². The molecule has 2 rings (SSSR count). The van der Waals surface area contributed by atoms with Crippen molar-refractivity contribution in [1.82, 2.24) is 14.8 Å². The van der Waals surface area contributed by atoms with E-state index in [0.717, 1.165) is 0 Å². The maximum atomic E-state index is 13.6. The molecule has 3 N–H and O–H groups in total. The van der Waals surface area contributed by atoms with Gasteiger partial charge in [-0.2, -0.15) is 13.1 Å². The molecule has 2 atom stereocenters. The first-order valence-electron chi connectivity index (χ1n) is 6.41. The average molecular weight is 338 g/mol. The van der Waals surface area contributed by atoms with Crippen LogP contribution in [0.5, 0.6) is 0 Å². The molecule has 21 heavy (non-hydrogen) atoms. The van der Waals surface area contributed by atoms with Crippen LogP contribution < -0.4 is 14.8 Å². The highest BCUT2D eigenvalue weighted by atomic mass is 35.5. The molecule has 1 saturated heterocycles. The normalized spacial score (nSPS) is 23.8. The van der Waals surface area contributed by atoms with Crippen LogP contribution in [-0.4, -0.2) is 41.2 Å². The standard InChI is InChI=1S/C12H17ClFN3O3S/c1-15-21(18,19)17-11-7-16-4-5-20-12(11)8-2-3-9(13)10(14)6-8/h2-3,6,11-12,15-17H,4-5,7H2,1H3/t11-,12+/m1/s1. The summed E-state index contributed by atoms with van der Waals surface area (Å²) in [7, 11) is -2.32. The second kappa shape index (κ2) is 6.99. The molecule has 118 valence electrons. The highest BCUT2D eigenvalue weighted by Crippen LogP contribution is 2.26. The molecular formula is C12H17ClFN3O3S. The van der Waals surface area contributed by atoms with E-state index >= 15 is 0 Å². The van der Waals surface area contributed by atoms with Gasteiger partial charge in [0.05, 0.1) is 17.7 Å². The topological polar surface area (TPSA) is 79.5 Å². The van der Waals surface area contributed by atoms with Gasteiger partial charge in [-0.1, -0.05) is 17.7 Å². The molecule has 0 spiro atoms. The van der Waals surface area contributed by atoms with Crippen molar-refractivity contribution in [1.29, 1.82) is 0 Å². The molecule has 0 saturated carbocycles. The minimum atomic E-state index is -3.63. The second-order valence-corrected chi connectivity index (χ2v) is 6.66. The second-order valence-electron chi connectivity index (χ2n) is 4.60. The lowest BCUT2D eigenvalue weighted by Gasteiger charge is -2.25. The van der Waals surface area contributed by atoms with E-state index in [2.05, 4.69) is 14.8 Å². The van der Waals surface area contributed by atoms with Crippen LogP contribution >= 0.6 is 11.6 Å². The van der Waals surface area contributed by atoms with Gasteiger partial charge >= 0.3 is 0 Å². The summed E-state index contributed by atoms with van der Waals surface area (Å²) in [6.45, 7) is 1.35. The fourth-order valence-corrected chi connectivity index (χ4v) is 2.96. The summed E-state index contributed by atoms with van der Waals surface area (Å²) in [6.07, 6.45) is -0.602. The van der Waals surface area contributed by atoms with Gasteiger partial charge in [-0.05, 0) is 17.7 Å². The van der Waals surface area contributed by atoms with E-state index in [0.29, 0.717) is 25.3 Å². The first-order chi connectivity index (χ1) is 9.93. The summed E-state index contributed by atoms with van der Waals surface area (Å²) in [5.74, 6) is -0.565. The maximum Gasteiger partial charge on any atom is 0.277 e. The van der Waals surface area contributed by atoms with E-state index in [4.69, 9.17) is 16.3 Å². The molecule has 1 fully saturated rings. The summed E-state index contributed by atoms with van der Waals surface area (Å²) in [5.41, 5.74) is 0.532. The van der Waals surface area contributed by atoms with Gasteiger partial charge in [-0.15, -0.1) is 0 Å². The fourth-order valence-electron chi connectivity index (χ4n) is 2.12. The van der Waals surface area contributed by atoms with Crippen molar-refractivity contribution in [2.75, 3.05) is 26.7 Å². The zero-order chi connectivity index (χ0) is 15.5. The zero-order valence-electron chi connectivity index (χ0n) is 11.4. The third-order valence-corrected chi connectivity index (χ3v) is 4.61. The summed E-state index contributed by atoms with van der Waals surface area (Å²) in [6, 6.07) is 3.75. The number of hydrogen-bond donors (Lipinski definition) is 3. The number of rotatable bonds is 4. The molecule has 6 nitrogen and oxygen atoms in total. The number of benzene rings is 1. The van der Waals surface area contributed by atoms with E-state index in [-0.39, 0.29) is 5.02 Å². The molecule has 0 aliphatic carbocycles. The highest BCUT2D eigenvalue weighted by Gasteiger charge is 2.29. The number of ether oxygens (including phenoxy) is 1. The molecule has 0 bridgehead atoms. The summed E-state index contributed by atoms with van der Waals surface area (Å²) >= 11 is 5.67. The Morgan fingerprint density at radius 2 is 2.24 bits per heavy atom. The summed E-state index contributed by atoms with van der Waals surface area (Å²) in [5, 5.41) is 3.08. The number of nitrogens with one attached hydrogen (secondary N) is 3. The Hall–Kier alpha value is -0.770. The monoisotopic (exact) mass is 337 g/mol. The third kappa shape index (κ3) is 4.35. The van der Waals surface area contributed by atoms with E-state index in [1.807, 2.05) is 0 Å². The quantitative estimate of drug-likeness (QED) is 0.750. The predicted molar refractivity (Wildman–Crippen MR) is 77.9 cm³/mol. The maximum absolute atomic E-state index is 13.6. The number of hydrogen-bond acceptors (Lipinski definition) is 4. The molecule has 1 aliphatic heterocycles. The molecule has 0 unspecified atom stereocenters. The number of halogens is 2. The smallest absolute Gasteiger partial charge is 0.277 e. The molecular weight excluding hydrogens is 321 g/mol. The average Bonchev–Trinajstić information content (AvgIpc) is 2.67. The first kappa shape index (κ1) is 16.6. The Kier molecular flexibility index (Phi) is 5.53. The molecule has 0 amide bonds. The van der Waals surface area contributed by atoms with Crippen molar-refractivity contribution < 1.29 is 17.5 Å². The van der Waals surface area contributed by atoms with Gasteiger partial charge in [-0.25, -0.2) is 9.11 Å². The Morgan fingerprint density at radius 3 is 2.90 bits per heavy atom.